The monoisotopic (exact) mass is 364 g/mol. The van der Waals surface area contributed by atoms with Crippen LogP contribution in [0, 0.1) is 0 Å². The van der Waals surface area contributed by atoms with Gasteiger partial charge in [0.25, 0.3) is 0 Å². The molecule has 0 aliphatic heterocycles. The van der Waals surface area contributed by atoms with Gasteiger partial charge in [0.2, 0.25) is 0 Å². The van der Waals surface area contributed by atoms with Gasteiger partial charge in [-0.15, -0.1) is 0 Å². The van der Waals surface area contributed by atoms with Crippen LogP contribution in [0.25, 0.3) is 10.8 Å². The smallest absolute Gasteiger partial charge is 0.0149 e. The third-order valence-corrected chi connectivity index (χ3v) is 5.75. The molecule has 0 saturated heterocycles. The molecule has 28 heavy (non-hydrogen) atoms. The van der Waals surface area contributed by atoms with Crippen LogP contribution in [0.3, 0.4) is 0 Å². The molecule has 4 rings (SSSR count). The lowest BCUT2D eigenvalue weighted by molar-refractivity contribution is 0.555. The van der Waals surface area contributed by atoms with E-state index in [1.807, 2.05) is 0 Å². The van der Waals surface area contributed by atoms with Gasteiger partial charge in [0.05, 0.1) is 0 Å². The highest BCUT2D eigenvalue weighted by Crippen LogP contribution is 2.32. The van der Waals surface area contributed by atoms with Crippen molar-refractivity contribution in [3.05, 3.63) is 120 Å². The van der Waals surface area contributed by atoms with Crippen LogP contribution < -0.4 is 0 Å². The Morgan fingerprint density at radius 2 is 1.11 bits per heavy atom. The Bertz CT molecular complexity index is 981. The van der Waals surface area contributed by atoms with E-state index in [2.05, 4.69) is 103 Å². The maximum atomic E-state index is 2.35. The Kier molecular flexibility index (Phi) is 6.19. The summed E-state index contributed by atoms with van der Waals surface area (Å²) in [5, 5.41) is 2.77. The lowest BCUT2D eigenvalue weighted by atomic mass is 9.85. The molecule has 0 heteroatoms. The van der Waals surface area contributed by atoms with Crippen molar-refractivity contribution in [1.82, 2.24) is 0 Å². The first-order chi connectivity index (χ1) is 13.9. The van der Waals surface area contributed by atoms with Gasteiger partial charge in [-0.05, 0) is 65.5 Å². The molecule has 0 radical (unpaired) electrons. The molecule has 0 N–H and O–H groups in total. The predicted octanol–water partition coefficient (Wildman–Crippen LogP) is 7.58. The lowest BCUT2D eigenvalue weighted by Gasteiger charge is -2.20. The van der Waals surface area contributed by atoms with Crippen LogP contribution in [0.4, 0.5) is 0 Å². The van der Waals surface area contributed by atoms with E-state index in [1.54, 1.807) is 0 Å². The second-order valence-corrected chi connectivity index (χ2v) is 7.67. The van der Waals surface area contributed by atoms with Crippen LogP contribution in [0.5, 0.6) is 0 Å². The summed E-state index contributed by atoms with van der Waals surface area (Å²) < 4.78 is 0. The molecule has 0 heterocycles. The van der Waals surface area contributed by atoms with E-state index >= 15 is 0 Å². The van der Waals surface area contributed by atoms with Crippen molar-refractivity contribution in [2.24, 2.45) is 0 Å². The molecule has 0 amide bonds. The van der Waals surface area contributed by atoms with Crippen LogP contribution in [0.1, 0.15) is 41.9 Å². The zero-order chi connectivity index (χ0) is 19.0. The van der Waals surface area contributed by atoms with E-state index in [1.165, 1.54) is 46.7 Å². The summed E-state index contributed by atoms with van der Waals surface area (Å²) in [5.74, 6) is 0.593. The summed E-state index contributed by atoms with van der Waals surface area (Å²) in [6.45, 7) is 0. The zero-order valence-electron chi connectivity index (χ0n) is 16.4. The Balaban J connectivity index is 1.53. The molecule has 0 bridgehead atoms. The van der Waals surface area contributed by atoms with Crippen molar-refractivity contribution in [1.29, 1.82) is 0 Å². The van der Waals surface area contributed by atoms with Crippen LogP contribution in [0.2, 0.25) is 0 Å². The molecule has 140 valence electrons. The minimum absolute atomic E-state index is 0.593. The lowest BCUT2D eigenvalue weighted by Crippen LogP contribution is -2.03. The van der Waals surface area contributed by atoms with Gasteiger partial charge in [-0.25, -0.2) is 0 Å². The highest BCUT2D eigenvalue weighted by Gasteiger charge is 2.14. The van der Waals surface area contributed by atoms with Gasteiger partial charge >= 0.3 is 0 Å². The quantitative estimate of drug-likeness (QED) is 0.302. The normalized spacial score (nSPS) is 12.1. The largest absolute Gasteiger partial charge is 0.0622 e. The number of benzene rings is 4. The van der Waals surface area contributed by atoms with E-state index in [-0.39, 0.29) is 0 Å². The molecule has 4 aromatic rings. The number of fused-ring (bicyclic) bond motifs is 1. The molecule has 0 saturated carbocycles. The minimum Gasteiger partial charge on any atom is -0.0622 e. The highest BCUT2D eigenvalue weighted by atomic mass is 14.2. The molecule has 0 aromatic heterocycles. The van der Waals surface area contributed by atoms with Gasteiger partial charge in [-0.2, -0.15) is 0 Å². The Morgan fingerprint density at radius 3 is 1.86 bits per heavy atom. The Morgan fingerprint density at radius 1 is 0.500 bits per heavy atom. The molecule has 0 aliphatic rings. The highest BCUT2D eigenvalue weighted by molar-refractivity contribution is 5.86. The van der Waals surface area contributed by atoms with Crippen molar-refractivity contribution in [2.45, 2.75) is 38.0 Å². The van der Waals surface area contributed by atoms with Crippen LogP contribution in [-0.4, -0.2) is 0 Å². The van der Waals surface area contributed by atoms with Crippen LogP contribution >= 0.6 is 0 Å². The standard InChI is InChI=1S/C28H28/c1-3-11-23(12-4-1)15-9-17-26(22-21-24-13-5-2-6-14-24)28-20-10-18-25-16-7-8-19-27(25)28/h1-8,10-14,16,18-20,26H,9,15,17,21-22H2. The second kappa shape index (κ2) is 9.37. The minimum atomic E-state index is 0.593. The summed E-state index contributed by atoms with van der Waals surface area (Å²) in [6, 6.07) is 37.4. The van der Waals surface area contributed by atoms with Gasteiger partial charge in [0.1, 0.15) is 0 Å². The van der Waals surface area contributed by atoms with Gasteiger partial charge in [-0.1, -0.05) is 103 Å². The van der Waals surface area contributed by atoms with Gasteiger partial charge < -0.3 is 0 Å². The maximum Gasteiger partial charge on any atom is -0.0149 e. The summed E-state index contributed by atoms with van der Waals surface area (Å²) in [5.41, 5.74) is 4.40. The summed E-state index contributed by atoms with van der Waals surface area (Å²) >= 11 is 0. The Hall–Kier alpha value is -2.86. The maximum absolute atomic E-state index is 2.35. The van der Waals surface area contributed by atoms with Crippen LogP contribution in [0.15, 0.2) is 103 Å². The topological polar surface area (TPSA) is 0 Å². The average Bonchev–Trinajstić information content (AvgIpc) is 2.77. The average molecular weight is 365 g/mol. The molecule has 0 fully saturated rings. The first-order valence-corrected chi connectivity index (χ1v) is 10.5. The van der Waals surface area contributed by atoms with Crippen molar-refractivity contribution in [2.75, 3.05) is 0 Å². The van der Waals surface area contributed by atoms with Gasteiger partial charge in [0, 0.05) is 0 Å². The zero-order valence-corrected chi connectivity index (χ0v) is 16.4. The number of hydrogen-bond acceptors (Lipinski definition) is 0. The molecule has 4 aromatic carbocycles. The molecule has 0 nitrogen and oxygen atoms in total. The summed E-state index contributed by atoms with van der Waals surface area (Å²) in [6.07, 6.45) is 5.96. The molecular weight excluding hydrogens is 336 g/mol. The van der Waals surface area contributed by atoms with Gasteiger partial charge in [0.15, 0.2) is 0 Å². The summed E-state index contributed by atoms with van der Waals surface area (Å²) in [7, 11) is 0. The van der Waals surface area contributed by atoms with Crippen LogP contribution in [-0.2, 0) is 12.8 Å². The van der Waals surface area contributed by atoms with Crippen molar-refractivity contribution >= 4 is 10.8 Å². The van der Waals surface area contributed by atoms with E-state index in [0.717, 1.165) is 12.8 Å². The fourth-order valence-electron chi connectivity index (χ4n) is 4.24. The fourth-order valence-corrected chi connectivity index (χ4v) is 4.24. The number of aryl methyl sites for hydroxylation is 2. The first-order valence-electron chi connectivity index (χ1n) is 10.5. The molecular formula is C28H28. The van der Waals surface area contributed by atoms with E-state index in [0.29, 0.717) is 5.92 Å². The SMILES string of the molecule is c1ccc(CCCC(CCc2ccccc2)c2cccc3ccccc23)cc1. The molecule has 1 atom stereocenters. The number of hydrogen-bond donors (Lipinski definition) is 0. The predicted molar refractivity (Wildman–Crippen MR) is 121 cm³/mol. The van der Waals surface area contributed by atoms with E-state index in [9.17, 15) is 0 Å². The van der Waals surface area contributed by atoms with Crippen molar-refractivity contribution < 1.29 is 0 Å². The van der Waals surface area contributed by atoms with Crippen molar-refractivity contribution in [3.8, 4) is 0 Å². The van der Waals surface area contributed by atoms with Crippen molar-refractivity contribution in [3.63, 3.8) is 0 Å². The molecule has 1 unspecified atom stereocenters. The second-order valence-electron chi connectivity index (χ2n) is 7.67. The molecule has 0 spiro atoms. The Labute approximate surface area is 168 Å². The van der Waals surface area contributed by atoms with E-state index in [4.69, 9.17) is 0 Å². The summed E-state index contributed by atoms with van der Waals surface area (Å²) in [4.78, 5) is 0. The van der Waals surface area contributed by atoms with Gasteiger partial charge in [-0.3, -0.25) is 0 Å². The third kappa shape index (κ3) is 4.70. The van der Waals surface area contributed by atoms with E-state index < -0.39 is 0 Å². The third-order valence-electron chi connectivity index (χ3n) is 5.75. The first kappa shape index (κ1) is 18.5. The number of rotatable bonds is 8. The fraction of sp³-hybridized carbons (Fsp3) is 0.214. The molecule has 0 aliphatic carbocycles.